The van der Waals surface area contributed by atoms with Crippen molar-refractivity contribution in [2.45, 2.75) is 30.6 Å². The molecule has 0 radical (unpaired) electrons. The molecule has 0 unspecified atom stereocenters. The van der Waals surface area contributed by atoms with Crippen molar-refractivity contribution < 1.29 is 17.2 Å². The number of hydrogen-bond donors (Lipinski definition) is 2. The maximum absolute atomic E-state index is 13.8. The Hall–Kier alpha value is -1.21. The van der Waals surface area contributed by atoms with E-state index >= 15 is 0 Å². The fourth-order valence-electron chi connectivity index (χ4n) is 2.66. The van der Waals surface area contributed by atoms with Crippen LogP contribution in [0.4, 0.5) is 14.5 Å². The highest BCUT2D eigenvalue weighted by atomic mass is 32.2. The lowest BCUT2D eigenvalue weighted by molar-refractivity contribution is 0.431. The number of nitrogen functional groups attached to an aromatic ring is 1. The van der Waals surface area contributed by atoms with Gasteiger partial charge in [-0.3, -0.25) is 0 Å². The largest absolute Gasteiger partial charge is 0.394 e. The van der Waals surface area contributed by atoms with E-state index in [0.717, 1.165) is 37.8 Å². The van der Waals surface area contributed by atoms with Crippen LogP contribution in [0.2, 0.25) is 0 Å². The number of benzene rings is 1. The fourth-order valence-corrected chi connectivity index (χ4v) is 3.89. The van der Waals surface area contributed by atoms with Gasteiger partial charge >= 0.3 is 0 Å². The number of rotatable bonds is 5. The monoisotopic (exact) mass is 302 g/mol. The van der Waals surface area contributed by atoms with E-state index in [1.165, 1.54) is 0 Å². The van der Waals surface area contributed by atoms with Crippen LogP contribution in [0, 0.1) is 23.0 Å². The molecule has 0 amide bonds. The van der Waals surface area contributed by atoms with Crippen LogP contribution in [0.15, 0.2) is 17.0 Å². The van der Waals surface area contributed by atoms with Crippen molar-refractivity contribution in [3.8, 4) is 0 Å². The highest BCUT2D eigenvalue weighted by molar-refractivity contribution is 7.89. The third-order valence-electron chi connectivity index (χ3n) is 4.33. The van der Waals surface area contributed by atoms with Crippen molar-refractivity contribution >= 4 is 15.7 Å². The number of nitrogens with two attached hydrogens (primary N) is 1. The van der Waals surface area contributed by atoms with E-state index in [1.807, 2.05) is 0 Å². The molecule has 0 spiro atoms. The van der Waals surface area contributed by atoms with Crippen LogP contribution in [0.25, 0.3) is 0 Å². The van der Waals surface area contributed by atoms with Gasteiger partial charge in [-0.25, -0.2) is 21.9 Å². The molecule has 110 valence electrons. The smallest absolute Gasteiger partial charge is 0.243 e. The van der Waals surface area contributed by atoms with Gasteiger partial charge in [0, 0.05) is 6.54 Å². The summed E-state index contributed by atoms with van der Waals surface area (Å²) < 4.78 is 53.5. The third-order valence-corrected chi connectivity index (χ3v) is 5.75. The molecule has 2 saturated carbocycles. The molecule has 0 bridgehead atoms. The molecule has 0 atom stereocenters. The van der Waals surface area contributed by atoms with Crippen molar-refractivity contribution in [1.29, 1.82) is 0 Å². The highest BCUT2D eigenvalue weighted by Crippen LogP contribution is 2.60. The lowest BCUT2D eigenvalue weighted by atomic mass is 10.0. The average Bonchev–Trinajstić information content (AvgIpc) is 3.26. The zero-order chi connectivity index (χ0) is 14.5. The first-order chi connectivity index (χ1) is 9.36. The Morgan fingerprint density at radius 2 is 1.95 bits per heavy atom. The Morgan fingerprint density at radius 1 is 1.30 bits per heavy atom. The molecule has 0 aliphatic heterocycles. The molecule has 0 heterocycles. The summed E-state index contributed by atoms with van der Waals surface area (Å²) in [4.78, 5) is -0.594. The lowest BCUT2D eigenvalue weighted by Gasteiger charge is -2.15. The lowest BCUT2D eigenvalue weighted by Crippen LogP contribution is -2.32. The summed E-state index contributed by atoms with van der Waals surface area (Å²) in [5.41, 5.74) is 4.49. The van der Waals surface area contributed by atoms with Crippen molar-refractivity contribution in [3.63, 3.8) is 0 Å². The fraction of sp³-hybridized carbons (Fsp3) is 0.538. The molecule has 0 saturated heterocycles. The first-order valence-electron chi connectivity index (χ1n) is 6.59. The van der Waals surface area contributed by atoms with Crippen molar-refractivity contribution in [3.05, 3.63) is 23.8 Å². The predicted molar refractivity (Wildman–Crippen MR) is 70.3 cm³/mol. The van der Waals surface area contributed by atoms with Gasteiger partial charge in [0.05, 0.1) is 0 Å². The van der Waals surface area contributed by atoms with Crippen LogP contribution in [-0.2, 0) is 10.0 Å². The first kappa shape index (κ1) is 13.8. The molecular weight excluding hydrogens is 286 g/mol. The normalized spacial score (nSPS) is 20.9. The Morgan fingerprint density at radius 3 is 2.50 bits per heavy atom. The predicted octanol–water partition coefficient (Wildman–Crippen LogP) is 2.02. The topological polar surface area (TPSA) is 72.2 Å². The van der Waals surface area contributed by atoms with Gasteiger partial charge in [0.15, 0.2) is 5.82 Å². The second-order valence-electron chi connectivity index (χ2n) is 5.73. The second-order valence-corrected chi connectivity index (χ2v) is 7.47. The molecule has 2 fully saturated rings. The molecule has 1 aromatic carbocycles. The molecule has 0 aromatic heterocycles. The molecular formula is C13H16F2N2O2S. The summed E-state index contributed by atoms with van der Waals surface area (Å²) in [6, 6.07) is 1.76. The maximum atomic E-state index is 13.8. The van der Waals surface area contributed by atoms with Crippen molar-refractivity contribution in [2.24, 2.45) is 11.3 Å². The molecule has 20 heavy (non-hydrogen) atoms. The van der Waals surface area contributed by atoms with Gasteiger partial charge in [-0.2, -0.15) is 0 Å². The van der Waals surface area contributed by atoms with Gasteiger partial charge in [0.25, 0.3) is 0 Å². The molecule has 3 N–H and O–H groups in total. The number of anilines is 1. The number of nitrogens with one attached hydrogen (secondary N) is 1. The molecule has 7 heteroatoms. The van der Waals surface area contributed by atoms with Crippen LogP contribution in [-0.4, -0.2) is 15.0 Å². The van der Waals surface area contributed by atoms with Crippen LogP contribution in [0.5, 0.6) is 0 Å². The summed E-state index contributed by atoms with van der Waals surface area (Å²) >= 11 is 0. The number of sulfonamides is 1. The van der Waals surface area contributed by atoms with E-state index in [0.29, 0.717) is 12.5 Å². The van der Waals surface area contributed by atoms with Crippen molar-refractivity contribution in [1.82, 2.24) is 4.72 Å². The number of halogens is 2. The standard InChI is InChI=1S/C13H16F2N2O2S/c14-9-3-4-10(11(15)12(9)16)20(18,19)17-7-13(5-6-13)8-1-2-8/h3-4,8,17H,1-2,5-7,16H2. The van der Waals surface area contributed by atoms with Gasteiger partial charge in [-0.15, -0.1) is 0 Å². The molecule has 3 rings (SSSR count). The van der Waals surface area contributed by atoms with E-state index < -0.39 is 32.2 Å². The first-order valence-corrected chi connectivity index (χ1v) is 8.07. The van der Waals surface area contributed by atoms with Gasteiger partial charge < -0.3 is 5.73 Å². The minimum atomic E-state index is -4.00. The molecule has 2 aliphatic rings. The van der Waals surface area contributed by atoms with E-state index in [4.69, 9.17) is 5.73 Å². The average molecular weight is 302 g/mol. The zero-order valence-electron chi connectivity index (χ0n) is 10.8. The molecule has 2 aliphatic carbocycles. The van der Waals surface area contributed by atoms with Crippen LogP contribution in [0.1, 0.15) is 25.7 Å². The van der Waals surface area contributed by atoms with Gasteiger partial charge in [0.1, 0.15) is 16.4 Å². The van der Waals surface area contributed by atoms with E-state index in [9.17, 15) is 17.2 Å². The van der Waals surface area contributed by atoms with Crippen molar-refractivity contribution in [2.75, 3.05) is 12.3 Å². The third kappa shape index (κ3) is 2.29. The van der Waals surface area contributed by atoms with Crippen LogP contribution < -0.4 is 10.5 Å². The SMILES string of the molecule is Nc1c(F)ccc(S(=O)(=O)NCC2(C3CC3)CC2)c1F. The minimum Gasteiger partial charge on any atom is -0.394 e. The van der Waals surface area contributed by atoms with Gasteiger partial charge in [-0.05, 0) is 49.1 Å². The molecule has 4 nitrogen and oxygen atoms in total. The summed E-state index contributed by atoms with van der Waals surface area (Å²) in [5.74, 6) is -1.60. The summed E-state index contributed by atoms with van der Waals surface area (Å²) in [5, 5.41) is 0. The molecule has 1 aromatic rings. The minimum absolute atomic E-state index is 0.0646. The van der Waals surface area contributed by atoms with E-state index in [2.05, 4.69) is 4.72 Å². The van der Waals surface area contributed by atoms with Crippen LogP contribution in [0.3, 0.4) is 0 Å². The van der Waals surface area contributed by atoms with Gasteiger partial charge in [-0.1, -0.05) is 0 Å². The summed E-state index contributed by atoms with van der Waals surface area (Å²) in [6.07, 6.45) is 4.29. The number of hydrogen-bond acceptors (Lipinski definition) is 3. The maximum Gasteiger partial charge on any atom is 0.243 e. The Kier molecular flexibility index (Phi) is 3.02. The van der Waals surface area contributed by atoms with Gasteiger partial charge in [0.2, 0.25) is 10.0 Å². The Bertz CT molecular complexity index is 653. The summed E-state index contributed by atoms with van der Waals surface area (Å²) in [6.45, 7) is 0.316. The zero-order valence-corrected chi connectivity index (χ0v) is 11.6. The second kappa shape index (κ2) is 4.39. The summed E-state index contributed by atoms with van der Waals surface area (Å²) in [7, 11) is -4.00. The van der Waals surface area contributed by atoms with E-state index in [1.54, 1.807) is 0 Å². The van der Waals surface area contributed by atoms with E-state index in [-0.39, 0.29) is 5.41 Å². The Labute approximate surface area is 116 Å². The quantitative estimate of drug-likeness (QED) is 0.817. The highest BCUT2D eigenvalue weighted by Gasteiger charge is 2.53. The Balaban J connectivity index is 1.80. The van der Waals surface area contributed by atoms with Crippen LogP contribution >= 0.6 is 0 Å².